The minimum atomic E-state index is 0.645. The van der Waals surface area contributed by atoms with Crippen molar-refractivity contribution >= 4 is 5.82 Å². The molecule has 12 heavy (non-hydrogen) atoms. The van der Waals surface area contributed by atoms with Crippen LogP contribution in [-0.2, 0) is 0 Å². The summed E-state index contributed by atoms with van der Waals surface area (Å²) in [6.07, 6.45) is 7.72. The summed E-state index contributed by atoms with van der Waals surface area (Å²) in [6, 6.07) is 0.645. The number of rotatable bonds is 3. The molecule has 1 aromatic heterocycles. The highest BCUT2D eigenvalue weighted by atomic mass is 15.1. The SMILES string of the molecule is CCC1CC1Nc1cnccn1. The number of hydrogen-bond donors (Lipinski definition) is 1. The molecule has 0 bridgehead atoms. The standard InChI is InChI=1S/C9H13N3/c1-2-7-5-8(7)12-9-6-10-3-4-11-9/h3-4,6-8H,2,5H2,1H3,(H,11,12). The van der Waals surface area contributed by atoms with E-state index in [1.54, 1.807) is 18.6 Å². The molecule has 0 radical (unpaired) electrons. The van der Waals surface area contributed by atoms with Crippen LogP contribution in [0.1, 0.15) is 19.8 Å². The van der Waals surface area contributed by atoms with Crippen molar-refractivity contribution in [2.24, 2.45) is 5.92 Å². The highest BCUT2D eigenvalue weighted by Crippen LogP contribution is 2.35. The van der Waals surface area contributed by atoms with E-state index < -0.39 is 0 Å². The molecular formula is C9H13N3. The molecule has 1 aliphatic carbocycles. The van der Waals surface area contributed by atoms with Crippen LogP contribution in [0.25, 0.3) is 0 Å². The van der Waals surface area contributed by atoms with Gasteiger partial charge < -0.3 is 5.32 Å². The van der Waals surface area contributed by atoms with Crippen molar-refractivity contribution in [3.05, 3.63) is 18.6 Å². The molecule has 64 valence electrons. The lowest BCUT2D eigenvalue weighted by Crippen LogP contribution is -2.05. The fourth-order valence-electron chi connectivity index (χ4n) is 1.44. The van der Waals surface area contributed by atoms with Gasteiger partial charge in [-0.05, 0) is 12.3 Å². The Hall–Kier alpha value is -1.12. The van der Waals surface area contributed by atoms with Crippen LogP contribution in [0.4, 0.5) is 5.82 Å². The third-order valence-electron chi connectivity index (χ3n) is 2.34. The van der Waals surface area contributed by atoms with Gasteiger partial charge in [-0.3, -0.25) is 4.98 Å². The van der Waals surface area contributed by atoms with Crippen molar-refractivity contribution in [1.29, 1.82) is 0 Å². The molecule has 1 heterocycles. The zero-order valence-corrected chi connectivity index (χ0v) is 7.20. The molecule has 1 fully saturated rings. The van der Waals surface area contributed by atoms with Gasteiger partial charge in [-0.2, -0.15) is 0 Å². The average Bonchev–Trinajstić information content (AvgIpc) is 2.85. The number of anilines is 1. The normalized spacial score (nSPS) is 26.8. The van der Waals surface area contributed by atoms with Gasteiger partial charge in [-0.15, -0.1) is 0 Å². The van der Waals surface area contributed by atoms with Crippen LogP contribution < -0.4 is 5.32 Å². The maximum Gasteiger partial charge on any atom is 0.144 e. The van der Waals surface area contributed by atoms with Gasteiger partial charge in [0.2, 0.25) is 0 Å². The van der Waals surface area contributed by atoms with E-state index in [2.05, 4.69) is 22.2 Å². The van der Waals surface area contributed by atoms with Crippen LogP contribution in [0.2, 0.25) is 0 Å². The van der Waals surface area contributed by atoms with Crippen LogP contribution >= 0.6 is 0 Å². The first-order chi connectivity index (χ1) is 5.90. The molecule has 0 spiro atoms. The van der Waals surface area contributed by atoms with Crippen molar-refractivity contribution < 1.29 is 0 Å². The summed E-state index contributed by atoms with van der Waals surface area (Å²) in [5.41, 5.74) is 0. The van der Waals surface area contributed by atoms with Crippen molar-refractivity contribution in [2.45, 2.75) is 25.8 Å². The highest BCUT2D eigenvalue weighted by molar-refractivity contribution is 5.34. The Morgan fingerprint density at radius 1 is 1.58 bits per heavy atom. The van der Waals surface area contributed by atoms with E-state index in [4.69, 9.17) is 0 Å². The first-order valence-electron chi connectivity index (χ1n) is 4.42. The summed E-state index contributed by atoms with van der Waals surface area (Å²) in [6.45, 7) is 2.23. The van der Waals surface area contributed by atoms with Gasteiger partial charge in [-0.25, -0.2) is 4.98 Å². The first-order valence-corrected chi connectivity index (χ1v) is 4.42. The molecular weight excluding hydrogens is 150 g/mol. The quantitative estimate of drug-likeness (QED) is 0.736. The van der Waals surface area contributed by atoms with Crippen molar-refractivity contribution in [2.75, 3.05) is 5.32 Å². The van der Waals surface area contributed by atoms with E-state index in [0.29, 0.717) is 6.04 Å². The Kier molecular flexibility index (Phi) is 1.94. The number of hydrogen-bond acceptors (Lipinski definition) is 3. The van der Waals surface area contributed by atoms with E-state index in [9.17, 15) is 0 Å². The van der Waals surface area contributed by atoms with Gasteiger partial charge in [0.15, 0.2) is 0 Å². The zero-order valence-electron chi connectivity index (χ0n) is 7.20. The number of aromatic nitrogens is 2. The summed E-state index contributed by atoms with van der Waals surface area (Å²) in [7, 11) is 0. The molecule has 1 saturated carbocycles. The molecule has 0 saturated heterocycles. The fourth-order valence-corrected chi connectivity index (χ4v) is 1.44. The molecule has 0 aromatic carbocycles. The third-order valence-corrected chi connectivity index (χ3v) is 2.34. The topological polar surface area (TPSA) is 37.8 Å². The summed E-state index contributed by atoms with van der Waals surface area (Å²) in [5.74, 6) is 1.76. The second-order valence-corrected chi connectivity index (χ2v) is 3.25. The maximum absolute atomic E-state index is 4.15. The van der Waals surface area contributed by atoms with Crippen LogP contribution in [0.5, 0.6) is 0 Å². The lowest BCUT2D eigenvalue weighted by molar-refractivity contribution is 0.773. The van der Waals surface area contributed by atoms with Crippen LogP contribution in [0.3, 0.4) is 0 Å². The second kappa shape index (κ2) is 3.09. The van der Waals surface area contributed by atoms with Gasteiger partial charge in [0.25, 0.3) is 0 Å². The molecule has 1 aromatic rings. The molecule has 3 nitrogen and oxygen atoms in total. The van der Waals surface area contributed by atoms with Gasteiger partial charge in [-0.1, -0.05) is 13.3 Å². The van der Waals surface area contributed by atoms with Crippen LogP contribution in [0.15, 0.2) is 18.6 Å². The summed E-state index contributed by atoms with van der Waals surface area (Å²) >= 11 is 0. The molecule has 2 rings (SSSR count). The smallest absolute Gasteiger partial charge is 0.144 e. The predicted molar refractivity (Wildman–Crippen MR) is 47.8 cm³/mol. The lowest BCUT2D eigenvalue weighted by Gasteiger charge is -2.01. The number of nitrogens with one attached hydrogen (secondary N) is 1. The first kappa shape index (κ1) is 7.53. The Morgan fingerprint density at radius 2 is 2.50 bits per heavy atom. The number of nitrogens with zero attached hydrogens (tertiary/aromatic N) is 2. The van der Waals surface area contributed by atoms with Gasteiger partial charge >= 0.3 is 0 Å². The van der Waals surface area contributed by atoms with E-state index in [1.807, 2.05) is 0 Å². The fraction of sp³-hybridized carbons (Fsp3) is 0.556. The average molecular weight is 163 g/mol. The summed E-state index contributed by atoms with van der Waals surface area (Å²) in [5, 5.41) is 3.34. The molecule has 2 atom stereocenters. The minimum Gasteiger partial charge on any atom is -0.366 e. The molecule has 0 aliphatic heterocycles. The molecule has 3 heteroatoms. The van der Waals surface area contributed by atoms with Crippen LogP contribution in [-0.4, -0.2) is 16.0 Å². The summed E-state index contributed by atoms with van der Waals surface area (Å²) in [4.78, 5) is 8.15. The highest BCUT2D eigenvalue weighted by Gasteiger charge is 2.35. The third kappa shape index (κ3) is 1.55. The largest absolute Gasteiger partial charge is 0.366 e. The zero-order chi connectivity index (χ0) is 8.39. The van der Waals surface area contributed by atoms with Gasteiger partial charge in [0.1, 0.15) is 5.82 Å². The molecule has 1 N–H and O–H groups in total. The Labute approximate surface area is 72.2 Å². The van der Waals surface area contributed by atoms with Gasteiger partial charge in [0, 0.05) is 18.4 Å². The van der Waals surface area contributed by atoms with Gasteiger partial charge in [0.05, 0.1) is 6.20 Å². The van der Waals surface area contributed by atoms with E-state index >= 15 is 0 Å². The molecule has 0 amide bonds. The van der Waals surface area contributed by atoms with E-state index in [0.717, 1.165) is 11.7 Å². The van der Waals surface area contributed by atoms with Crippen LogP contribution in [0, 0.1) is 5.92 Å². The second-order valence-electron chi connectivity index (χ2n) is 3.25. The predicted octanol–water partition coefficient (Wildman–Crippen LogP) is 1.69. The monoisotopic (exact) mass is 163 g/mol. The van der Waals surface area contributed by atoms with E-state index in [-0.39, 0.29) is 0 Å². The van der Waals surface area contributed by atoms with E-state index in [1.165, 1.54) is 12.8 Å². The minimum absolute atomic E-state index is 0.645. The lowest BCUT2D eigenvalue weighted by atomic mass is 10.3. The van der Waals surface area contributed by atoms with Crippen molar-refractivity contribution in [3.8, 4) is 0 Å². The Morgan fingerprint density at radius 3 is 3.08 bits per heavy atom. The Balaban J connectivity index is 1.89. The summed E-state index contributed by atoms with van der Waals surface area (Å²) < 4.78 is 0. The molecule has 2 unspecified atom stereocenters. The maximum atomic E-state index is 4.15. The van der Waals surface area contributed by atoms with Crippen molar-refractivity contribution in [3.63, 3.8) is 0 Å². The van der Waals surface area contributed by atoms with Crippen molar-refractivity contribution in [1.82, 2.24) is 9.97 Å². The Bertz CT molecular complexity index is 247. The molecule has 1 aliphatic rings.